The third-order valence-corrected chi connectivity index (χ3v) is 5.54. The topological polar surface area (TPSA) is 85.9 Å². The summed E-state index contributed by atoms with van der Waals surface area (Å²) in [6.45, 7) is 0.639. The first-order valence-corrected chi connectivity index (χ1v) is 10.9. The number of halogens is 2. The lowest BCUT2D eigenvalue weighted by atomic mass is 10.1. The van der Waals surface area contributed by atoms with E-state index in [-0.39, 0.29) is 6.61 Å². The Morgan fingerprint density at radius 1 is 0.903 bits per heavy atom. The first-order valence-electron chi connectivity index (χ1n) is 9.29. The lowest BCUT2D eigenvalue weighted by Crippen LogP contribution is -2.43. The van der Waals surface area contributed by atoms with Crippen LogP contribution in [0.3, 0.4) is 0 Å². The lowest BCUT2D eigenvalue weighted by Gasteiger charge is -2.12. The van der Waals surface area contributed by atoms with Gasteiger partial charge in [-0.3, -0.25) is 20.4 Å². The molecule has 3 aromatic rings. The number of rotatable bonds is 8. The van der Waals surface area contributed by atoms with Gasteiger partial charge in [-0.2, -0.15) is 0 Å². The summed E-state index contributed by atoms with van der Waals surface area (Å²) < 4.78 is 17.7. The zero-order valence-corrected chi connectivity index (χ0v) is 19.8. The van der Waals surface area contributed by atoms with E-state index in [1.165, 1.54) is 0 Å². The molecule has 0 aliphatic carbocycles. The molecule has 0 aliphatic rings. The summed E-state index contributed by atoms with van der Waals surface area (Å²) in [6, 6.07) is 16.1. The van der Waals surface area contributed by atoms with E-state index >= 15 is 0 Å². The van der Waals surface area contributed by atoms with Crippen LogP contribution in [0.25, 0.3) is 10.8 Å². The van der Waals surface area contributed by atoms with Crippen LogP contribution in [0, 0.1) is 0 Å². The number of hydrogen-bond acceptors (Lipinski definition) is 5. The van der Waals surface area contributed by atoms with Crippen molar-refractivity contribution >= 4 is 54.4 Å². The molecule has 162 valence electrons. The molecule has 2 amide bonds. The number of carbonyl (C=O) groups is 2. The number of carbonyl (C=O) groups excluding carboxylic acids is 2. The SMILES string of the molecule is COCCOc1ccc(C(=O)NNC(=O)COc2ccc3cc(Br)ccc3c2Br)cc1. The summed E-state index contributed by atoms with van der Waals surface area (Å²) in [5, 5.41) is 1.99. The van der Waals surface area contributed by atoms with Crippen LogP contribution in [0.2, 0.25) is 0 Å². The minimum atomic E-state index is -0.490. The van der Waals surface area contributed by atoms with E-state index in [2.05, 4.69) is 42.7 Å². The third-order valence-electron chi connectivity index (χ3n) is 4.23. The van der Waals surface area contributed by atoms with Crippen molar-refractivity contribution in [1.82, 2.24) is 10.9 Å². The summed E-state index contributed by atoms with van der Waals surface area (Å²) in [6.07, 6.45) is 0. The van der Waals surface area contributed by atoms with Gasteiger partial charge in [0.1, 0.15) is 18.1 Å². The number of hydrogen-bond donors (Lipinski definition) is 2. The molecule has 0 saturated heterocycles. The fraction of sp³-hybridized carbons (Fsp3) is 0.182. The fourth-order valence-electron chi connectivity index (χ4n) is 2.68. The number of nitrogens with one attached hydrogen (secondary N) is 2. The van der Waals surface area contributed by atoms with Gasteiger partial charge < -0.3 is 14.2 Å². The Balaban J connectivity index is 1.49. The molecule has 0 bridgehead atoms. The summed E-state index contributed by atoms with van der Waals surface area (Å²) in [5.74, 6) is 0.213. The van der Waals surface area contributed by atoms with E-state index in [0.717, 1.165) is 19.7 Å². The first-order chi connectivity index (χ1) is 15.0. The van der Waals surface area contributed by atoms with Gasteiger partial charge in [0.2, 0.25) is 0 Å². The Hall–Kier alpha value is -2.62. The molecule has 0 radical (unpaired) electrons. The molecule has 2 N–H and O–H groups in total. The van der Waals surface area contributed by atoms with Crippen molar-refractivity contribution in [3.8, 4) is 11.5 Å². The molecule has 7 nitrogen and oxygen atoms in total. The van der Waals surface area contributed by atoms with Crippen LogP contribution in [0.1, 0.15) is 10.4 Å². The maximum atomic E-state index is 12.2. The van der Waals surface area contributed by atoms with Crippen molar-refractivity contribution in [2.75, 3.05) is 26.9 Å². The monoisotopic (exact) mass is 550 g/mol. The van der Waals surface area contributed by atoms with Gasteiger partial charge >= 0.3 is 0 Å². The highest BCUT2D eigenvalue weighted by Gasteiger charge is 2.11. The van der Waals surface area contributed by atoms with E-state index in [1.54, 1.807) is 37.4 Å². The highest BCUT2D eigenvalue weighted by Crippen LogP contribution is 2.34. The standard InChI is InChI=1S/C22H20Br2N2O5/c1-29-10-11-30-17-6-2-14(3-7-17)22(28)26-25-20(27)13-31-19-9-4-15-12-16(23)5-8-18(15)21(19)24/h2-9,12H,10-11,13H2,1H3,(H,25,27)(H,26,28). The van der Waals surface area contributed by atoms with Crippen molar-refractivity contribution in [3.63, 3.8) is 0 Å². The average Bonchev–Trinajstić information content (AvgIpc) is 2.77. The lowest BCUT2D eigenvalue weighted by molar-refractivity contribution is -0.123. The highest BCUT2D eigenvalue weighted by atomic mass is 79.9. The minimum Gasteiger partial charge on any atom is -0.491 e. The second-order valence-corrected chi connectivity index (χ2v) is 8.11. The molecule has 0 unspecified atom stereocenters. The number of methoxy groups -OCH3 is 1. The molecule has 31 heavy (non-hydrogen) atoms. The second-order valence-electron chi connectivity index (χ2n) is 6.40. The van der Waals surface area contributed by atoms with Crippen molar-refractivity contribution in [3.05, 3.63) is 69.1 Å². The van der Waals surface area contributed by atoms with Crippen LogP contribution < -0.4 is 20.3 Å². The Bertz CT molecular complexity index is 1070. The van der Waals surface area contributed by atoms with Crippen LogP contribution in [0.15, 0.2) is 63.5 Å². The molecule has 9 heteroatoms. The van der Waals surface area contributed by atoms with E-state index in [9.17, 15) is 9.59 Å². The van der Waals surface area contributed by atoms with Gasteiger partial charge in [-0.1, -0.05) is 28.1 Å². The Morgan fingerprint density at radius 3 is 2.42 bits per heavy atom. The first kappa shape index (κ1) is 23.1. The van der Waals surface area contributed by atoms with Gasteiger partial charge in [-0.05, 0) is 69.2 Å². The maximum Gasteiger partial charge on any atom is 0.276 e. The quantitative estimate of drug-likeness (QED) is 0.323. The van der Waals surface area contributed by atoms with Gasteiger partial charge in [-0.15, -0.1) is 0 Å². The summed E-state index contributed by atoms with van der Waals surface area (Å²) in [4.78, 5) is 24.3. The minimum absolute atomic E-state index is 0.257. The van der Waals surface area contributed by atoms with Gasteiger partial charge in [0.05, 0.1) is 11.1 Å². The van der Waals surface area contributed by atoms with E-state index in [0.29, 0.717) is 30.3 Å². The molecule has 0 fully saturated rings. The van der Waals surface area contributed by atoms with Gasteiger partial charge in [0, 0.05) is 17.1 Å². The van der Waals surface area contributed by atoms with Crippen molar-refractivity contribution in [2.24, 2.45) is 0 Å². The molecule has 3 aromatic carbocycles. The molecule has 3 rings (SSSR count). The average molecular weight is 552 g/mol. The zero-order chi connectivity index (χ0) is 22.2. The smallest absolute Gasteiger partial charge is 0.276 e. The van der Waals surface area contributed by atoms with Crippen LogP contribution >= 0.6 is 31.9 Å². The Kier molecular flexibility index (Phi) is 8.27. The summed E-state index contributed by atoms with van der Waals surface area (Å²) in [5.41, 5.74) is 5.08. The third kappa shape index (κ3) is 6.43. The summed E-state index contributed by atoms with van der Waals surface area (Å²) in [7, 11) is 1.59. The van der Waals surface area contributed by atoms with Gasteiger partial charge in [0.25, 0.3) is 11.8 Å². The second kappa shape index (κ2) is 11.1. The van der Waals surface area contributed by atoms with Gasteiger partial charge in [-0.25, -0.2) is 0 Å². The normalized spacial score (nSPS) is 10.5. The molecular formula is C22H20Br2N2O5. The summed E-state index contributed by atoms with van der Waals surface area (Å²) >= 11 is 6.96. The Labute approximate surface area is 196 Å². The highest BCUT2D eigenvalue weighted by molar-refractivity contribution is 9.11. The van der Waals surface area contributed by atoms with E-state index in [4.69, 9.17) is 14.2 Å². The molecule has 0 aliphatic heterocycles. The molecule has 0 atom stereocenters. The van der Waals surface area contributed by atoms with Crippen LogP contribution in [-0.2, 0) is 9.53 Å². The molecule has 0 aromatic heterocycles. The van der Waals surface area contributed by atoms with Crippen LogP contribution in [0.4, 0.5) is 0 Å². The number of ether oxygens (including phenoxy) is 3. The number of fused-ring (bicyclic) bond motifs is 1. The largest absolute Gasteiger partial charge is 0.491 e. The maximum absolute atomic E-state index is 12.2. The Morgan fingerprint density at radius 2 is 1.68 bits per heavy atom. The number of amides is 2. The van der Waals surface area contributed by atoms with Crippen molar-refractivity contribution < 1.29 is 23.8 Å². The predicted molar refractivity (Wildman–Crippen MR) is 124 cm³/mol. The fourth-order valence-corrected chi connectivity index (χ4v) is 3.66. The predicted octanol–water partition coefficient (Wildman–Crippen LogP) is 4.23. The molecule has 0 heterocycles. The zero-order valence-electron chi connectivity index (χ0n) is 16.6. The molecule has 0 spiro atoms. The van der Waals surface area contributed by atoms with Crippen molar-refractivity contribution in [2.45, 2.75) is 0 Å². The van der Waals surface area contributed by atoms with E-state index < -0.39 is 11.8 Å². The molecule has 0 saturated carbocycles. The van der Waals surface area contributed by atoms with Gasteiger partial charge in [0.15, 0.2) is 6.61 Å². The number of benzene rings is 3. The molecular weight excluding hydrogens is 532 g/mol. The van der Waals surface area contributed by atoms with Crippen molar-refractivity contribution in [1.29, 1.82) is 0 Å². The van der Waals surface area contributed by atoms with Crippen LogP contribution in [0.5, 0.6) is 11.5 Å². The number of hydrazine groups is 1. The van der Waals surface area contributed by atoms with E-state index in [1.807, 2.05) is 24.3 Å². The van der Waals surface area contributed by atoms with Crippen LogP contribution in [-0.4, -0.2) is 38.7 Å².